The minimum absolute atomic E-state index is 0.215. The molecule has 2 rings (SSSR count). The van der Waals surface area contributed by atoms with Crippen LogP contribution in [0, 0.1) is 0 Å². The van der Waals surface area contributed by atoms with Crippen LogP contribution in [0.4, 0.5) is 5.69 Å². The normalized spacial score (nSPS) is 11.2. The molecule has 0 saturated heterocycles. The van der Waals surface area contributed by atoms with Crippen LogP contribution in [0.25, 0.3) is 0 Å². The highest BCUT2D eigenvalue weighted by molar-refractivity contribution is 5.46. The maximum atomic E-state index is 5.83. The Kier molecular flexibility index (Phi) is 7.83. The number of anilines is 1. The quantitative estimate of drug-likeness (QED) is 0.498. The van der Waals surface area contributed by atoms with Gasteiger partial charge in [0, 0.05) is 12.2 Å². The monoisotopic (exact) mass is 355 g/mol. The molecule has 0 aromatic heterocycles. The van der Waals surface area contributed by atoms with Gasteiger partial charge in [0.2, 0.25) is 0 Å². The first-order valence-electron chi connectivity index (χ1n) is 9.75. The molecule has 0 aliphatic heterocycles. The second-order valence-electron chi connectivity index (χ2n) is 7.26. The zero-order valence-corrected chi connectivity index (χ0v) is 16.7. The highest BCUT2D eigenvalue weighted by Crippen LogP contribution is 2.28. The van der Waals surface area contributed by atoms with E-state index in [-0.39, 0.29) is 5.41 Å². The van der Waals surface area contributed by atoms with E-state index in [1.54, 1.807) is 0 Å². The predicted molar refractivity (Wildman–Crippen MR) is 111 cm³/mol. The van der Waals surface area contributed by atoms with Gasteiger partial charge < -0.3 is 14.8 Å². The van der Waals surface area contributed by atoms with Crippen molar-refractivity contribution in [3.63, 3.8) is 0 Å². The molecule has 2 aromatic rings. The SMILES string of the molecule is CCCCOc1ccc(NCCOc2ccc(C(C)(C)CC)cc2)cc1. The second kappa shape index (κ2) is 10.1. The van der Waals surface area contributed by atoms with Crippen LogP contribution in [0.1, 0.15) is 52.5 Å². The molecule has 0 amide bonds. The summed E-state index contributed by atoms with van der Waals surface area (Å²) in [5, 5.41) is 3.37. The maximum absolute atomic E-state index is 5.83. The van der Waals surface area contributed by atoms with Crippen LogP contribution in [0.3, 0.4) is 0 Å². The van der Waals surface area contributed by atoms with Crippen LogP contribution in [-0.2, 0) is 5.41 Å². The van der Waals surface area contributed by atoms with Crippen molar-refractivity contribution in [2.45, 2.75) is 52.4 Å². The summed E-state index contributed by atoms with van der Waals surface area (Å²) in [6.45, 7) is 11.1. The lowest BCUT2D eigenvalue weighted by molar-refractivity contribution is 0.309. The fourth-order valence-corrected chi connectivity index (χ4v) is 2.57. The van der Waals surface area contributed by atoms with Crippen LogP contribution in [0.2, 0.25) is 0 Å². The summed E-state index contributed by atoms with van der Waals surface area (Å²) in [7, 11) is 0. The molecule has 0 aliphatic carbocycles. The predicted octanol–water partition coefficient (Wildman–Crippen LogP) is 6.04. The lowest BCUT2D eigenvalue weighted by Gasteiger charge is -2.23. The fourth-order valence-electron chi connectivity index (χ4n) is 2.57. The van der Waals surface area contributed by atoms with Gasteiger partial charge >= 0.3 is 0 Å². The third kappa shape index (κ3) is 6.29. The molecule has 0 bridgehead atoms. The van der Waals surface area contributed by atoms with Crippen molar-refractivity contribution in [1.29, 1.82) is 0 Å². The summed E-state index contributed by atoms with van der Waals surface area (Å²) in [6.07, 6.45) is 3.37. The van der Waals surface area contributed by atoms with Gasteiger partial charge in [0.1, 0.15) is 18.1 Å². The maximum Gasteiger partial charge on any atom is 0.119 e. The highest BCUT2D eigenvalue weighted by Gasteiger charge is 2.17. The molecular weight excluding hydrogens is 322 g/mol. The minimum atomic E-state index is 0.215. The smallest absolute Gasteiger partial charge is 0.119 e. The van der Waals surface area contributed by atoms with Crippen molar-refractivity contribution < 1.29 is 9.47 Å². The molecule has 3 nitrogen and oxygen atoms in total. The third-order valence-corrected chi connectivity index (χ3v) is 4.84. The van der Waals surface area contributed by atoms with Crippen molar-refractivity contribution in [2.75, 3.05) is 25.1 Å². The number of nitrogens with one attached hydrogen (secondary N) is 1. The molecule has 142 valence electrons. The van der Waals surface area contributed by atoms with Gasteiger partial charge in [0.05, 0.1) is 6.61 Å². The van der Waals surface area contributed by atoms with E-state index < -0.39 is 0 Å². The number of ether oxygens (including phenoxy) is 2. The highest BCUT2D eigenvalue weighted by atomic mass is 16.5. The van der Waals surface area contributed by atoms with Gasteiger partial charge in [0.15, 0.2) is 0 Å². The first kappa shape index (κ1) is 20.2. The Hall–Kier alpha value is -2.16. The largest absolute Gasteiger partial charge is 0.494 e. The van der Waals surface area contributed by atoms with Crippen molar-refractivity contribution in [1.82, 2.24) is 0 Å². The zero-order valence-electron chi connectivity index (χ0n) is 16.7. The van der Waals surface area contributed by atoms with E-state index >= 15 is 0 Å². The van der Waals surface area contributed by atoms with Gasteiger partial charge in [-0.1, -0.05) is 46.2 Å². The van der Waals surface area contributed by atoms with Crippen molar-refractivity contribution in [2.24, 2.45) is 0 Å². The number of hydrogen-bond donors (Lipinski definition) is 1. The Balaban J connectivity index is 1.71. The van der Waals surface area contributed by atoms with Crippen LogP contribution in [0.15, 0.2) is 48.5 Å². The molecule has 0 aliphatic rings. The van der Waals surface area contributed by atoms with E-state index in [0.717, 1.165) is 49.6 Å². The summed E-state index contributed by atoms with van der Waals surface area (Å²) < 4.78 is 11.5. The molecule has 0 atom stereocenters. The lowest BCUT2D eigenvalue weighted by Crippen LogP contribution is -2.15. The molecule has 1 N–H and O–H groups in total. The number of benzene rings is 2. The van der Waals surface area contributed by atoms with Crippen molar-refractivity contribution in [3.8, 4) is 11.5 Å². The third-order valence-electron chi connectivity index (χ3n) is 4.84. The first-order valence-corrected chi connectivity index (χ1v) is 9.75. The standard InChI is InChI=1S/C23H33NO2/c1-5-7-17-25-22-14-10-20(11-15-22)24-16-18-26-21-12-8-19(9-13-21)23(3,4)6-2/h8-15,24H,5-7,16-18H2,1-4H3. The number of hydrogen-bond acceptors (Lipinski definition) is 3. The van der Waals surface area contributed by atoms with Gasteiger partial charge in [-0.15, -0.1) is 0 Å². The zero-order chi connectivity index (χ0) is 18.8. The molecule has 26 heavy (non-hydrogen) atoms. The molecule has 0 unspecified atom stereocenters. The molecule has 3 heteroatoms. The van der Waals surface area contributed by atoms with E-state index in [0.29, 0.717) is 6.61 Å². The first-order chi connectivity index (χ1) is 12.5. The lowest BCUT2D eigenvalue weighted by atomic mass is 9.82. The van der Waals surface area contributed by atoms with E-state index in [2.05, 4.69) is 57.3 Å². The fraction of sp³-hybridized carbons (Fsp3) is 0.478. The Bertz CT molecular complexity index is 632. The molecule has 0 spiro atoms. The second-order valence-corrected chi connectivity index (χ2v) is 7.26. The average molecular weight is 356 g/mol. The minimum Gasteiger partial charge on any atom is -0.494 e. The van der Waals surface area contributed by atoms with E-state index in [9.17, 15) is 0 Å². The van der Waals surface area contributed by atoms with E-state index in [1.165, 1.54) is 5.56 Å². The Morgan fingerprint density at radius 2 is 1.38 bits per heavy atom. The van der Waals surface area contributed by atoms with Gasteiger partial charge in [-0.05, 0) is 60.2 Å². The van der Waals surface area contributed by atoms with E-state index in [4.69, 9.17) is 9.47 Å². The van der Waals surface area contributed by atoms with Gasteiger partial charge in [-0.3, -0.25) is 0 Å². The van der Waals surface area contributed by atoms with Gasteiger partial charge in [0.25, 0.3) is 0 Å². The number of unbranched alkanes of at least 4 members (excludes halogenated alkanes) is 1. The summed E-state index contributed by atoms with van der Waals surface area (Å²) in [5.41, 5.74) is 2.65. The average Bonchev–Trinajstić information content (AvgIpc) is 2.67. The molecular formula is C23H33NO2. The summed E-state index contributed by atoms with van der Waals surface area (Å²) in [5.74, 6) is 1.84. The summed E-state index contributed by atoms with van der Waals surface area (Å²) in [6, 6.07) is 16.6. The van der Waals surface area contributed by atoms with E-state index in [1.807, 2.05) is 24.3 Å². The summed E-state index contributed by atoms with van der Waals surface area (Å²) >= 11 is 0. The Morgan fingerprint density at radius 1 is 0.808 bits per heavy atom. The topological polar surface area (TPSA) is 30.5 Å². The van der Waals surface area contributed by atoms with Crippen LogP contribution in [-0.4, -0.2) is 19.8 Å². The van der Waals surface area contributed by atoms with Crippen LogP contribution in [0.5, 0.6) is 11.5 Å². The van der Waals surface area contributed by atoms with Crippen molar-refractivity contribution in [3.05, 3.63) is 54.1 Å². The molecule has 0 saturated carbocycles. The Morgan fingerprint density at radius 3 is 1.96 bits per heavy atom. The summed E-state index contributed by atoms with van der Waals surface area (Å²) in [4.78, 5) is 0. The van der Waals surface area contributed by atoms with Crippen LogP contribution < -0.4 is 14.8 Å². The molecule has 0 radical (unpaired) electrons. The number of rotatable bonds is 11. The van der Waals surface area contributed by atoms with Gasteiger partial charge in [-0.25, -0.2) is 0 Å². The van der Waals surface area contributed by atoms with Crippen LogP contribution >= 0.6 is 0 Å². The molecule has 0 heterocycles. The molecule has 2 aromatic carbocycles. The van der Waals surface area contributed by atoms with Gasteiger partial charge in [-0.2, -0.15) is 0 Å². The molecule has 0 fully saturated rings. The Labute approximate surface area is 158 Å². The van der Waals surface area contributed by atoms with Crippen molar-refractivity contribution >= 4 is 5.69 Å².